The van der Waals surface area contributed by atoms with E-state index in [1.54, 1.807) is 30.5 Å². The molecule has 3 N–H and O–H groups in total. The average molecular weight is 301 g/mol. The van der Waals surface area contributed by atoms with Gasteiger partial charge < -0.3 is 19.7 Å². The van der Waals surface area contributed by atoms with Crippen LogP contribution in [0.2, 0.25) is 0 Å². The van der Waals surface area contributed by atoms with Crippen molar-refractivity contribution in [3.05, 3.63) is 58.3 Å². The normalized spacial score (nSPS) is 20.1. The third-order valence-electron chi connectivity index (χ3n) is 3.61. The Morgan fingerprint density at radius 2 is 1.95 bits per heavy atom. The van der Waals surface area contributed by atoms with Gasteiger partial charge in [-0.3, -0.25) is 0 Å². The van der Waals surface area contributed by atoms with Crippen molar-refractivity contribution in [2.75, 3.05) is 0 Å². The van der Waals surface area contributed by atoms with Crippen LogP contribution in [0.4, 0.5) is 0 Å². The summed E-state index contributed by atoms with van der Waals surface area (Å²) in [6.07, 6.45) is -0.422. The molecule has 2 heterocycles. The van der Waals surface area contributed by atoms with E-state index in [1.165, 1.54) is 17.4 Å². The maximum atomic E-state index is 10.5. The van der Waals surface area contributed by atoms with Crippen molar-refractivity contribution in [1.82, 2.24) is 4.98 Å². The highest BCUT2D eigenvalue weighted by Crippen LogP contribution is 2.47. The number of hydrogen-bond acceptors (Lipinski definition) is 6. The SMILES string of the molecule is Oc1cccc2c1C(O)c1sc(-c3ccco3)nc1C2O. The Morgan fingerprint density at radius 3 is 2.71 bits per heavy atom. The summed E-state index contributed by atoms with van der Waals surface area (Å²) in [6.45, 7) is 0. The molecule has 0 amide bonds. The molecule has 0 spiro atoms. The molecule has 0 radical (unpaired) electrons. The monoisotopic (exact) mass is 301 g/mol. The molecule has 6 heteroatoms. The van der Waals surface area contributed by atoms with Gasteiger partial charge in [0.05, 0.1) is 16.8 Å². The fraction of sp³-hybridized carbons (Fsp3) is 0.133. The smallest absolute Gasteiger partial charge is 0.162 e. The third kappa shape index (κ3) is 1.73. The van der Waals surface area contributed by atoms with Crippen LogP contribution in [0.3, 0.4) is 0 Å². The molecule has 4 rings (SSSR count). The molecule has 0 bridgehead atoms. The van der Waals surface area contributed by atoms with Crippen molar-refractivity contribution >= 4 is 11.3 Å². The topological polar surface area (TPSA) is 86.7 Å². The van der Waals surface area contributed by atoms with E-state index in [0.29, 0.717) is 32.5 Å². The second kappa shape index (κ2) is 4.42. The van der Waals surface area contributed by atoms with Crippen molar-refractivity contribution in [3.63, 3.8) is 0 Å². The second-order valence-corrected chi connectivity index (χ2v) is 5.86. The lowest BCUT2D eigenvalue weighted by Gasteiger charge is -2.25. The number of thiazole rings is 1. The maximum absolute atomic E-state index is 10.5. The fourth-order valence-corrected chi connectivity index (χ4v) is 3.69. The summed E-state index contributed by atoms with van der Waals surface area (Å²) in [5.41, 5.74) is 1.23. The van der Waals surface area contributed by atoms with E-state index in [-0.39, 0.29) is 5.75 Å². The zero-order valence-corrected chi connectivity index (χ0v) is 11.5. The molecule has 106 valence electrons. The molecule has 0 fully saturated rings. The quantitative estimate of drug-likeness (QED) is 0.643. The number of rotatable bonds is 1. The van der Waals surface area contributed by atoms with Crippen molar-refractivity contribution in [2.24, 2.45) is 0 Å². The lowest BCUT2D eigenvalue weighted by Crippen LogP contribution is -2.16. The number of aliphatic hydroxyl groups is 2. The van der Waals surface area contributed by atoms with Gasteiger partial charge in [0.25, 0.3) is 0 Å². The number of aromatic hydroxyl groups is 1. The fourth-order valence-electron chi connectivity index (χ4n) is 2.63. The highest BCUT2D eigenvalue weighted by Gasteiger charge is 2.36. The van der Waals surface area contributed by atoms with Crippen LogP contribution < -0.4 is 0 Å². The first-order chi connectivity index (χ1) is 10.2. The Hall–Kier alpha value is -2.15. The summed E-state index contributed by atoms with van der Waals surface area (Å²) in [6, 6.07) is 8.33. The predicted octanol–water partition coefficient (Wildman–Crippen LogP) is 2.59. The van der Waals surface area contributed by atoms with Crippen LogP contribution in [0.5, 0.6) is 5.75 Å². The number of phenolic OH excluding ortho intramolecular Hbond substituents is 1. The van der Waals surface area contributed by atoms with Gasteiger partial charge in [0.15, 0.2) is 10.8 Å². The number of aromatic nitrogens is 1. The van der Waals surface area contributed by atoms with E-state index >= 15 is 0 Å². The summed E-state index contributed by atoms with van der Waals surface area (Å²) in [5.74, 6) is 0.555. The first-order valence-corrected chi connectivity index (χ1v) is 7.21. The largest absolute Gasteiger partial charge is 0.508 e. The molecule has 1 aromatic carbocycles. The lowest BCUT2D eigenvalue weighted by molar-refractivity contribution is 0.170. The number of nitrogens with zero attached hydrogens (tertiary/aromatic N) is 1. The minimum Gasteiger partial charge on any atom is -0.508 e. The van der Waals surface area contributed by atoms with Gasteiger partial charge in [0.2, 0.25) is 0 Å². The van der Waals surface area contributed by atoms with Gasteiger partial charge in [-0.05, 0) is 23.8 Å². The van der Waals surface area contributed by atoms with E-state index in [1.807, 2.05) is 0 Å². The Labute approximate surface area is 123 Å². The molecule has 2 atom stereocenters. The Kier molecular flexibility index (Phi) is 2.65. The van der Waals surface area contributed by atoms with Crippen LogP contribution in [-0.4, -0.2) is 20.3 Å². The van der Waals surface area contributed by atoms with Gasteiger partial charge in [-0.2, -0.15) is 0 Å². The second-order valence-electron chi connectivity index (χ2n) is 4.83. The van der Waals surface area contributed by atoms with Gasteiger partial charge in [-0.25, -0.2) is 4.98 Å². The molecule has 0 saturated carbocycles. The van der Waals surface area contributed by atoms with Crippen molar-refractivity contribution in [1.29, 1.82) is 0 Å². The predicted molar refractivity (Wildman–Crippen MR) is 76.0 cm³/mol. The third-order valence-corrected chi connectivity index (χ3v) is 4.74. The molecule has 1 aliphatic rings. The zero-order chi connectivity index (χ0) is 14.6. The number of hydrogen-bond donors (Lipinski definition) is 3. The molecule has 5 nitrogen and oxygen atoms in total. The highest BCUT2D eigenvalue weighted by molar-refractivity contribution is 7.15. The maximum Gasteiger partial charge on any atom is 0.162 e. The van der Waals surface area contributed by atoms with Gasteiger partial charge in [0.1, 0.15) is 18.0 Å². The Balaban J connectivity index is 1.91. The minimum atomic E-state index is -0.999. The van der Waals surface area contributed by atoms with E-state index in [0.717, 1.165) is 0 Å². The number of phenols is 1. The molecular weight excluding hydrogens is 290 g/mol. The zero-order valence-electron chi connectivity index (χ0n) is 10.7. The Morgan fingerprint density at radius 1 is 1.10 bits per heavy atom. The molecule has 21 heavy (non-hydrogen) atoms. The van der Waals surface area contributed by atoms with Crippen LogP contribution in [0.1, 0.15) is 33.9 Å². The van der Waals surface area contributed by atoms with Crippen LogP contribution >= 0.6 is 11.3 Å². The summed E-state index contributed by atoms with van der Waals surface area (Å²) >= 11 is 1.25. The van der Waals surface area contributed by atoms with Crippen LogP contribution in [0.25, 0.3) is 10.8 Å². The number of fused-ring (bicyclic) bond motifs is 2. The molecule has 0 aliphatic heterocycles. The standard InChI is InChI=1S/C15H11NO4S/c17-8-4-1-3-7-10(8)13(19)14-11(12(7)18)16-15(21-14)9-5-2-6-20-9/h1-6,12-13,17-19H. The van der Waals surface area contributed by atoms with Crippen molar-refractivity contribution in [3.8, 4) is 16.5 Å². The molecule has 2 aromatic heterocycles. The van der Waals surface area contributed by atoms with Gasteiger partial charge in [0, 0.05) is 5.56 Å². The Bertz CT molecular complexity index is 809. The molecule has 3 aromatic rings. The van der Waals surface area contributed by atoms with Crippen LogP contribution in [0, 0.1) is 0 Å². The van der Waals surface area contributed by atoms with E-state index < -0.39 is 12.2 Å². The first-order valence-electron chi connectivity index (χ1n) is 6.39. The summed E-state index contributed by atoms with van der Waals surface area (Å²) in [5, 5.41) is 31.5. The highest BCUT2D eigenvalue weighted by atomic mass is 32.1. The minimum absolute atomic E-state index is 0.0300. The van der Waals surface area contributed by atoms with Crippen molar-refractivity contribution in [2.45, 2.75) is 12.2 Å². The van der Waals surface area contributed by atoms with Crippen molar-refractivity contribution < 1.29 is 19.7 Å². The number of benzene rings is 1. The van der Waals surface area contributed by atoms with E-state index in [2.05, 4.69) is 4.98 Å². The number of aliphatic hydroxyl groups excluding tert-OH is 2. The van der Waals surface area contributed by atoms with Gasteiger partial charge >= 0.3 is 0 Å². The van der Waals surface area contributed by atoms with Crippen LogP contribution in [0.15, 0.2) is 41.0 Å². The summed E-state index contributed by atoms with van der Waals surface area (Å²) < 4.78 is 5.30. The van der Waals surface area contributed by atoms with Gasteiger partial charge in [-0.15, -0.1) is 11.3 Å². The molecule has 2 unspecified atom stereocenters. The summed E-state index contributed by atoms with van der Waals surface area (Å²) in [4.78, 5) is 4.92. The first kappa shape index (κ1) is 12.6. The van der Waals surface area contributed by atoms with Crippen LogP contribution in [-0.2, 0) is 0 Å². The van der Waals surface area contributed by atoms with Gasteiger partial charge in [-0.1, -0.05) is 12.1 Å². The molecular formula is C15H11NO4S. The lowest BCUT2D eigenvalue weighted by atomic mass is 9.88. The molecule has 0 saturated heterocycles. The average Bonchev–Trinajstić information content (AvgIpc) is 3.13. The molecule has 1 aliphatic carbocycles. The van der Waals surface area contributed by atoms with E-state index in [9.17, 15) is 15.3 Å². The number of furan rings is 1. The van der Waals surface area contributed by atoms with E-state index in [4.69, 9.17) is 4.42 Å². The summed E-state index contributed by atoms with van der Waals surface area (Å²) in [7, 11) is 0.